The highest BCUT2D eigenvalue weighted by Crippen LogP contribution is 2.22. The van der Waals surface area contributed by atoms with Crippen LogP contribution >= 0.6 is 0 Å². The van der Waals surface area contributed by atoms with Crippen LogP contribution in [0.1, 0.15) is 22.9 Å². The molecule has 1 aliphatic rings. The Morgan fingerprint density at radius 2 is 2.30 bits per heavy atom. The second-order valence-corrected chi connectivity index (χ2v) is 5.30. The van der Waals surface area contributed by atoms with Crippen molar-refractivity contribution in [3.63, 3.8) is 0 Å². The Bertz CT molecular complexity index is 717. The number of nitrogens with zero attached hydrogens (tertiary/aromatic N) is 1. The molecule has 1 atom stereocenters. The molecule has 1 unspecified atom stereocenters. The maximum absolute atomic E-state index is 12.2. The molecule has 23 heavy (non-hydrogen) atoms. The number of aliphatic hydroxyl groups is 1. The molecule has 0 aliphatic carbocycles. The van der Waals surface area contributed by atoms with Crippen molar-refractivity contribution in [2.75, 3.05) is 19.0 Å². The number of rotatable bonds is 4. The number of ether oxygens (including phenoxy) is 2. The number of amides is 1. The molecular formula is C17H18N2O4. The molecule has 0 fully saturated rings. The summed E-state index contributed by atoms with van der Waals surface area (Å²) in [6.07, 6.45) is 1.09. The highest BCUT2D eigenvalue weighted by molar-refractivity contribution is 5.94. The van der Waals surface area contributed by atoms with Gasteiger partial charge in [0.1, 0.15) is 5.75 Å². The highest BCUT2D eigenvalue weighted by Gasteiger charge is 2.19. The van der Waals surface area contributed by atoms with E-state index < -0.39 is 12.0 Å². The van der Waals surface area contributed by atoms with E-state index in [4.69, 9.17) is 9.47 Å². The average Bonchev–Trinajstić information content (AvgIpc) is 2.61. The van der Waals surface area contributed by atoms with Crippen LogP contribution in [0, 0.1) is 0 Å². The molecule has 120 valence electrons. The van der Waals surface area contributed by atoms with E-state index in [0.717, 1.165) is 17.7 Å². The van der Waals surface area contributed by atoms with Crippen molar-refractivity contribution < 1.29 is 19.4 Å². The fraction of sp³-hybridized carbons (Fsp3) is 0.294. The summed E-state index contributed by atoms with van der Waals surface area (Å²) in [5, 5.41) is 12.9. The summed E-state index contributed by atoms with van der Waals surface area (Å²) in [5.74, 6) is 0.0682. The number of carbonyl (C=O) groups is 1. The van der Waals surface area contributed by atoms with Crippen molar-refractivity contribution in [3.05, 3.63) is 53.3 Å². The number of methoxy groups -OCH3 is 1. The van der Waals surface area contributed by atoms with Crippen molar-refractivity contribution in [1.29, 1.82) is 0 Å². The zero-order chi connectivity index (χ0) is 16.2. The van der Waals surface area contributed by atoms with Gasteiger partial charge in [0.05, 0.1) is 32.2 Å². The SMILES string of the molecule is COc1cccc(C(O)C(=O)Nc2cnc3c(c2)COCC3)c1. The lowest BCUT2D eigenvalue weighted by molar-refractivity contribution is -0.124. The number of hydrogen-bond donors (Lipinski definition) is 2. The molecule has 0 bridgehead atoms. The monoisotopic (exact) mass is 314 g/mol. The summed E-state index contributed by atoms with van der Waals surface area (Å²) >= 11 is 0. The van der Waals surface area contributed by atoms with E-state index in [9.17, 15) is 9.90 Å². The fourth-order valence-corrected chi connectivity index (χ4v) is 2.48. The third-order valence-corrected chi connectivity index (χ3v) is 3.73. The molecule has 6 nitrogen and oxygen atoms in total. The molecule has 1 aromatic heterocycles. The Morgan fingerprint density at radius 1 is 1.43 bits per heavy atom. The number of hydrogen-bond acceptors (Lipinski definition) is 5. The van der Waals surface area contributed by atoms with Crippen LogP contribution in [0.15, 0.2) is 36.5 Å². The molecule has 0 radical (unpaired) electrons. The summed E-state index contributed by atoms with van der Waals surface area (Å²) in [5.41, 5.74) is 2.96. The van der Waals surface area contributed by atoms with Gasteiger partial charge < -0.3 is 19.9 Å². The molecule has 6 heteroatoms. The van der Waals surface area contributed by atoms with E-state index in [0.29, 0.717) is 30.2 Å². The third-order valence-electron chi connectivity index (χ3n) is 3.73. The number of pyridine rings is 1. The van der Waals surface area contributed by atoms with Gasteiger partial charge in [0.2, 0.25) is 0 Å². The zero-order valence-corrected chi connectivity index (χ0v) is 12.8. The summed E-state index contributed by atoms with van der Waals surface area (Å²) in [7, 11) is 1.53. The maximum Gasteiger partial charge on any atom is 0.257 e. The Kier molecular flexibility index (Phi) is 4.55. The molecule has 0 saturated carbocycles. The van der Waals surface area contributed by atoms with Crippen LogP contribution in [-0.2, 0) is 22.6 Å². The first kappa shape index (κ1) is 15.5. The van der Waals surface area contributed by atoms with Crippen LogP contribution in [0.4, 0.5) is 5.69 Å². The molecule has 1 aliphatic heterocycles. The van der Waals surface area contributed by atoms with Crippen molar-refractivity contribution in [2.24, 2.45) is 0 Å². The molecule has 1 amide bonds. The van der Waals surface area contributed by atoms with Crippen molar-refractivity contribution in [2.45, 2.75) is 19.1 Å². The summed E-state index contributed by atoms with van der Waals surface area (Å²) in [4.78, 5) is 16.6. The number of carbonyl (C=O) groups excluding carboxylic acids is 1. The van der Waals surface area contributed by atoms with Gasteiger partial charge in [0, 0.05) is 17.7 Å². The van der Waals surface area contributed by atoms with E-state index in [-0.39, 0.29) is 0 Å². The number of aromatic nitrogens is 1. The molecular weight excluding hydrogens is 296 g/mol. The minimum atomic E-state index is -1.28. The van der Waals surface area contributed by atoms with Crippen LogP contribution in [-0.4, -0.2) is 29.7 Å². The largest absolute Gasteiger partial charge is 0.497 e. The fourth-order valence-electron chi connectivity index (χ4n) is 2.48. The van der Waals surface area contributed by atoms with Crippen molar-refractivity contribution in [3.8, 4) is 5.75 Å². The van der Waals surface area contributed by atoms with E-state index in [1.54, 1.807) is 30.5 Å². The van der Waals surface area contributed by atoms with E-state index >= 15 is 0 Å². The minimum absolute atomic E-state index is 0.469. The van der Waals surface area contributed by atoms with Gasteiger partial charge in [0.15, 0.2) is 6.10 Å². The smallest absolute Gasteiger partial charge is 0.257 e. The molecule has 0 spiro atoms. The van der Waals surface area contributed by atoms with Gasteiger partial charge >= 0.3 is 0 Å². The van der Waals surface area contributed by atoms with E-state index in [1.807, 2.05) is 6.07 Å². The van der Waals surface area contributed by atoms with Crippen LogP contribution in [0.25, 0.3) is 0 Å². The highest BCUT2D eigenvalue weighted by atomic mass is 16.5. The van der Waals surface area contributed by atoms with Crippen molar-refractivity contribution in [1.82, 2.24) is 4.98 Å². The zero-order valence-electron chi connectivity index (χ0n) is 12.8. The summed E-state index contributed by atoms with van der Waals surface area (Å²) in [6.45, 7) is 1.16. The molecule has 0 saturated heterocycles. The van der Waals surface area contributed by atoms with Crippen molar-refractivity contribution >= 4 is 11.6 Å². The van der Waals surface area contributed by atoms with Crippen LogP contribution in [0.3, 0.4) is 0 Å². The van der Waals surface area contributed by atoms with Gasteiger partial charge in [-0.1, -0.05) is 12.1 Å². The Balaban J connectivity index is 1.73. The molecule has 2 N–H and O–H groups in total. The molecule has 2 aromatic rings. The Hall–Kier alpha value is -2.44. The molecule has 1 aromatic carbocycles. The van der Waals surface area contributed by atoms with E-state index in [1.165, 1.54) is 7.11 Å². The Labute approximate surface area is 134 Å². The first-order chi connectivity index (χ1) is 11.2. The minimum Gasteiger partial charge on any atom is -0.497 e. The van der Waals surface area contributed by atoms with Gasteiger partial charge in [0.25, 0.3) is 5.91 Å². The number of benzene rings is 1. The van der Waals surface area contributed by atoms with Crippen LogP contribution < -0.4 is 10.1 Å². The van der Waals surface area contributed by atoms with Crippen LogP contribution in [0.2, 0.25) is 0 Å². The first-order valence-electron chi connectivity index (χ1n) is 7.36. The maximum atomic E-state index is 12.2. The average molecular weight is 314 g/mol. The number of anilines is 1. The topological polar surface area (TPSA) is 80.7 Å². The lowest BCUT2D eigenvalue weighted by Gasteiger charge is -2.17. The second kappa shape index (κ2) is 6.76. The summed E-state index contributed by atoms with van der Waals surface area (Å²) < 4.78 is 10.5. The summed E-state index contributed by atoms with van der Waals surface area (Å²) in [6, 6.07) is 8.61. The van der Waals surface area contributed by atoms with Gasteiger partial charge in [-0.25, -0.2) is 0 Å². The lowest BCUT2D eigenvalue weighted by Crippen LogP contribution is -2.21. The van der Waals surface area contributed by atoms with Gasteiger partial charge in [-0.15, -0.1) is 0 Å². The molecule has 3 rings (SSSR count). The predicted octanol–water partition coefficient (Wildman–Crippen LogP) is 1.83. The third kappa shape index (κ3) is 3.49. The van der Waals surface area contributed by atoms with Gasteiger partial charge in [-0.3, -0.25) is 9.78 Å². The first-order valence-corrected chi connectivity index (χ1v) is 7.36. The number of fused-ring (bicyclic) bond motifs is 1. The quantitative estimate of drug-likeness (QED) is 0.900. The van der Waals surface area contributed by atoms with Crippen LogP contribution in [0.5, 0.6) is 5.75 Å². The molecule has 2 heterocycles. The van der Waals surface area contributed by atoms with Gasteiger partial charge in [-0.05, 0) is 23.8 Å². The standard InChI is InChI=1S/C17H18N2O4/c1-22-14-4-2-3-11(8-14)16(20)17(21)19-13-7-12-10-23-6-5-15(12)18-9-13/h2-4,7-9,16,20H,5-6,10H2,1H3,(H,19,21). The lowest BCUT2D eigenvalue weighted by atomic mass is 10.1. The normalized spacial score (nSPS) is 14.7. The Morgan fingerprint density at radius 3 is 3.13 bits per heavy atom. The van der Waals surface area contributed by atoms with E-state index in [2.05, 4.69) is 10.3 Å². The predicted molar refractivity (Wildman–Crippen MR) is 84.2 cm³/mol. The number of nitrogens with one attached hydrogen (secondary N) is 1. The number of aliphatic hydroxyl groups excluding tert-OH is 1. The second-order valence-electron chi connectivity index (χ2n) is 5.30. The van der Waals surface area contributed by atoms with Gasteiger partial charge in [-0.2, -0.15) is 0 Å².